The summed E-state index contributed by atoms with van der Waals surface area (Å²) in [5.74, 6) is -0.730. The summed E-state index contributed by atoms with van der Waals surface area (Å²) >= 11 is 0. The largest absolute Gasteiger partial charge is 0.458 e. The number of para-hydroxylation sites is 2. The summed E-state index contributed by atoms with van der Waals surface area (Å²) in [7, 11) is 0. The summed E-state index contributed by atoms with van der Waals surface area (Å²) in [6.07, 6.45) is 1.98. The van der Waals surface area contributed by atoms with E-state index in [9.17, 15) is 14.7 Å². The molecule has 4 heterocycles. The van der Waals surface area contributed by atoms with Crippen molar-refractivity contribution >= 4 is 28.8 Å². The smallest absolute Gasteiger partial charge is 0.343 e. The molecule has 4 aromatic rings. The topological polar surface area (TPSA) is 93.8 Å². The van der Waals surface area contributed by atoms with Gasteiger partial charge in [-0.05, 0) is 35.6 Å². The van der Waals surface area contributed by atoms with Crippen LogP contribution in [-0.2, 0) is 33.7 Å². The third kappa shape index (κ3) is 3.53. The van der Waals surface area contributed by atoms with Crippen LogP contribution in [0.4, 0.5) is 5.69 Å². The number of cyclic esters (lactones) is 1. The molecule has 2 aliphatic heterocycles. The Hall–Kier alpha value is -4.10. The highest BCUT2D eigenvalue weighted by atomic mass is 16.6. The van der Waals surface area contributed by atoms with Crippen LogP contribution in [0.5, 0.6) is 0 Å². The molecule has 0 amide bonds. The summed E-state index contributed by atoms with van der Waals surface area (Å²) in [6.45, 7) is 8.35. The van der Waals surface area contributed by atoms with E-state index in [4.69, 9.17) is 14.7 Å². The van der Waals surface area contributed by atoms with E-state index in [1.165, 1.54) is 0 Å². The van der Waals surface area contributed by atoms with Crippen molar-refractivity contribution in [2.45, 2.75) is 58.3 Å². The fourth-order valence-corrected chi connectivity index (χ4v) is 5.56. The molecule has 0 spiro atoms. The van der Waals surface area contributed by atoms with E-state index in [0.29, 0.717) is 29.1 Å². The summed E-state index contributed by atoms with van der Waals surface area (Å²) in [6, 6.07) is 17.7. The zero-order valence-corrected chi connectivity index (χ0v) is 21.9. The highest BCUT2D eigenvalue weighted by Gasteiger charge is 2.45. The Morgan fingerprint density at radius 2 is 1.84 bits per heavy atom. The lowest BCUT2D eigenvalue weighted by Crippen LogP contribution is -2.44. The summed E-state index contributed by atoms with van der Waals surface area (Å²) in [5, 5.41) is 12.1. The van der Waals surface area contributed by atoms with Gasteiger partial charge in [0.25, 0.3) is 5.56 Å². The van der Waals surface area contributed by atoms with Gasteiger partial charge in [-0.3, -0.25) is 9.79 Å². The number of fused-ring (bicyclic) bond motifs is 5. The number of aromatic nitrogens is 2. The van der Waals surface area contributed by atoms with E-state index >= 15 is 0 Å². The molecular formula is C31H29N3O4. The Morgan fingerprint density at radius 1 is 1.11 bits per heavy atom. The van der Waals surface area contributed by atoms with Crippen LogP contribution in [-0.4, -0.2) is 26.8 Å². The maximum Gasteiger partial charge on any atom is 0.343 e. The van der Waals surface area contributed by atoms with Gasteiger partial charge in [0.2, 0.25) is 0 Å². The fraction of sp³-hybridized carbons (Fsp3) is 0.290. The number of carbonyl (C=O) groups is 1. The second-order valence-corrected chi connectivity index (χ2v) is 11.0. The zero-order chi connectivity index (χ0) is 26.8. The Balaban J connectivity index is 1.58. The van der Waals surface area contributed by atoms with Crippen molar-refractivity contribution in [3.63, 3.8) is 0 Å². The predicted octanol–water partition coefficient (Wildman–Crippen LogP) is 5.13. The quantitative estimate of drug-likeness (QED) is 0.270. The monoisotopic (exact) mass is 507 g/mol. The van der Waals surface area contributed by atoms with Crippen LogP contribution in [0.3, 0.4) is 0 Å². The lowest BCUT2D eigenvalue weighted by atomic mass is 9.86. The molecule has 2 aromatic carbocycles. The van der Waals surface area contributed by atoms with E-state index in [-0.39, 0.29) is 24.0 Å². The van der Waals surface area contributed by atoms with Crippen LogP contribution >= 0.6 is 0 Å². The second-order valence-electron chi connectivity index (χ2n) is 11.0. The molecule has 0 saturated carbocycles. The molecule has 0 unspecified atom stereocenters. The highest BCUT2D eigenvalue weighted by Crippen LogP contribution is 2.40. The Labute approximate surface area is 220 Å². The Bertz CT molecular complexity index is 1730. The van der Waals surface area contributed by atoms with Gasteiger partial charge in [-0.2, -0.15) is 0 Å². The van der Waals surface area contributed by atoms with Gasteiger partial charge in [0.15, 0.2) is 5.60 Å². The SMILES string of the molecule is CC[C@@]1(O)C(=O)OCc2c1cc1n(c2=O)Cc2c-1nc1ccccc1c2C=Nc1ccccc1C(C)(C)C. The molecule has 2 aliphatic rings. The van der Waals surface area contributed by atoms with Gasteiger partial charge in [-0.25, -0.2) is 9.78 Å². The van der Waals surface area contributed by atoms with E-state index < -0.39 is 11.6 Å². The molecule has 1 atom stereocenters. The Kier molecular flexibility index (Phi) is 5.40. The van der Waals surface area contributed by atoms with Crippen molar-refractivity contribution < 1.29 is 14.6 Å². The van der Waals surface area contributed by atoms with Crippen molar-refractivity contribution in [1.29, 1.82) is 0 Å². The van der Waals surface area contributed by atoms with Crippen molar-refractivity contribution in [3.05, 3.63) is 92.8 Å². The van der Waals surface area contributed by atoms with E-state index in [1.807, 2.05) is 48.7 Å². The lowest BCUT2D eigenvalue weighted by molar-refractivity contribution is -0.172. The van der Waals surface area contributed by atoms with Gasteiger partial charge < -0.3 is 14.4 Å². The minimum Gasteiger partial charge on any atom is -0.458 e. The molecule has 38 heavy (non-hydrogen) atoms. The first-order valence-electron chi connectivity index (χ1n) is 12.9. The van der Waals surface area contributed by atoms with Crippen molar-refractivity contribution in [2.24, 2.45) is 4.99 Å². The maximum absolute atomic E-state index is 13.6. The van der Waals surface area contributed by atoms with Gasteiger partial charge >= 0.3 is 5.97 Å². The van der Waals surface area contributed by atoms with Crippen molar-refractivity contribution in [1.82, 2.24) is 9.55 Å². The molecule has 0 fully saturated rings. The van der Waals surface area contributed by atoms with Gasteiger partial charge in [0.1, 0.15) is 6.61 Å². The normalized spacial score (nSPS) is 18.4. The van der Waals surface area contributed by atoms with E-state index in [0.717, 1.165) is 33.3 Å². The Morgan fingerprint density at radius 3 is 2.61 bits per heavy atom. The van der Waals surface area contributed by atoms with Gasteiger partial charge in [0, 0.05) is 28.3 Å². The lowest BCUT2D eigenvalue weighted by Gasteiger charge is -2.31. The predicted molar refractivity (Wildman–Crippen MR) is 147 cm³/mol. The molecule has 0 bridgehead atoms. The van der Waals surface area contributed by atoms with E-state index in [2.05, 4.69) is 26.8 Å². The van der Waals surface area contributed by atoms with Crippen LogP contribution in [0, 0.1) is 0 Å². The number of carbonyl (C=O) groups excluding carboxylic acids is 1. The van der Waals surface area contributed by atoms with Crippen molar-refractivity contribution in [3.8, 4) is 11.4 Å². The van der Waals surface area contributed by atoms with Gasteiger partial charge in [-0.1, -0.05) is 64.1 Å². The van der Waals surface area contributed by atoms with Crippen LogP contribution in [0.15, 0.2) is 64.4 Å². The van der Waals surface area contributed by atoms with Crippen molar-refractivity contribution in [2.75, 3.05) is 0 Å². The van der Waals surface area contributed by atoms with Gasteiger partial charge in [0.05, 0.1) is 34.7 Å². The molecule has 1 N–H and O–H groups in total. The number of esters is 1. The molecule has 2 aromatic heterocycles. The first-order chi connectivity index (χ1) is 18.1. The standard InChI is InChI=1S/C31H29N3O4/c1-5-31(37)23-14-26-27-20(16-34(26)28(35)21(23)17-38-29(31)36)19(18-10-6-8-12-24(18)33-27)15-32-25-13-9-7-11-22(25)30(2,3)4/h6-15,37H,5,16-17H2,1-4H3/t31-/m0/s1. The number of hydrogen-bond acceptors (Lipinski definition) is 6. The number of ether oxygens (including phenoxy) is 1. The molecule has 7 nitrogen and oxygen atoms in total. The van der Waals surface area contributed by atoms with Crippen LogP contribution in [0.25, 0.3) is 22.3 Å². The van der Waals surface area contributed by atoms with E-state index in [1.54, 1.807) is 17.6 Å². The minimum absolute atomic E-state index is 0.0750. The molecule has 0 saturated heterocycles. The van der Waals surface area contributed by atoms with Crippen LogP contribution < -0.4 is 5.56 Å². The highest BCUT2D eigenvalue weighted by molar-refractivity contribution is 6.03. The number of rotatable bonds is 3. The molecule has 192 valence electrons. The molecule has 6 rings (SSSR count). The molecular weight excluding hydrogens is 478 g/mol. The molecule has 0 radical (unpaired) electrons. The number of aliphatic hydroxyl groups is 1. The summed E-state index contributed by atoms with van der Waals surface area (Å²) in [4.78, 5) is 36.0. The number of pyridine rings is 2. The average molecular weight is 508 g/mol. The third-order valence-corrected chi connectivity index (χ3v) is 7.68. The number of hydrogen-bond donors (Lipinski definition) is 1. The number of nitrogens with zero attached hydrogens (tertiary/aromatic N) is 3. The average Bonchev–Trinajstić information content (AvgIpc) is 3.27. The van der Waals surface area contributed by atoms with Crippen LogP contribution in [0.1, 0.15) is 61.9 Å². The number of aliphatic imine (C=N–C) groups is 1. The summed E-state index contributed by atoms with van der Waals surface area (Å²) in [5.41, 5.74) is 4.24. The molecule has 0 aliphatic carbocycles. The minimum atomic E-state index is -1.86. The fourth-order valence-electron chi connectivity index (χ4n) is 5.56. The maximum atomic E-state index is 13.6. The first kappa shape index (κ1) is 24.2. The van der Waals surface area contributed by atoms with Crippen LogP contribution in [0.2, 0.25) is 0 Å². The third-order valence-electron chi connectivity index (χ3n) is 7.68. The van der Waals surface area contributed by atoms with Gasteiger partial charge in [-0.15, -0.1) is 0 Å². The number of benzene rings is 2. The zero-order valence-electron chi connectivity index (χ0n) is 21.9. The first-order valence-corrected chi connectivity index (χ1v) is 12.9. The second kappa shape index (κ2) is 8.46. The molecule has 7 heteroatoms. The summed E-state index contributed by atoms with van der Waals surface area (Å²) < 4.78 is 6.86.